The molecule has 2 aromatic rings. The van der Waals surface area contributed by atoms with Gasteiger partial charge in [-0.1, -0.05) is 54.1 Å². The van der Waals surface area contributed by atoms with Gasteiger partial charge in [-0.2, -0.15) is 4.31 Å². The van der Waals surface area contributed by atoms with Crippen LogP contribution in [0.4, 0.5) is 0 Å². The molecule has 0 aliphatic rings. The van der Waals surface area contributed by atoms with Crippen LogP contribution in [0.15, 0.2) is 54.6 Å². The number of nitrogens with zero attached hydrogens (tertiary/aromatic N) is 1. The summed E-state index contributed by atoms with van der Waals surface area (Å²) in [4.78, 5) is 12.2. The molecule has 5 nitrogen and oxygen atoms in total. The third kappa shape index (κ3) is 5.29. The number of halogens is 1. The molecule has 7 heteroatoms. The van der Waals surface area contributed by atoms with Gasteiger partial charge in [-0.25, -0.2) is 8.42 Å². The van der Waals surface area contributed by atoms with Crippen LogP contribution in [0.1, 0.15) is 28.9 Å². The summed E-state index contributed by atoms with van der Waals surface area (Å²) in [7, 11) is -3.43. The molecule has 0 heterocycles. The zero-order valence-electron chi connectivity index (χ0n) is 14.1. The van der Waals surface area contributed by atoms with E-state index in [2.05, 4.69) is 5.32 Å². The quantitative estimate of drug-likeness (QED) is 0.802. The molecular formula is C18H21ClN2O3S. The fraction of sp³-hybridized carbons (Fsp3) is 0.278. The maximum absolute atomic E-state index is 12.2. The fourth-order valence-electron chi connectivity index (χ4n) is 2.56. The summed E-state index contributed by atoms with van der Waals surface area (Å²) in [5.41, 5.74) is 1.26. The van der Waals surface area contributed by atoms with Crippen molar-refractivity contribution in [3.63, 3.8) is 0 Å². The summed E-state index contributed by atoms with van der Waals surface area (Å²) in [5, 5.41) is 3.08. The second-order valence-electron chi connectivity index (χ2n) is 5.70. The number of rotatable bonds is 7. The van der Waals surface area contributed by atoms with Crippen molar-refractivity contribution < 1.29 is 13.2 Å². The molecule has 134 valence electrons. The highest BCUT2D eigenvalue weighted by molar-refractivity contribution is 7.88. The third-order valence-electron chi connectivity index (χ3n) is 3.88. The molecule has 1 unspecified atom stereocenters. The highest BCUT2D eigenvalue weighted by atomic mass is 35.5. The largest absolute Gasteiger partial charge is 0.351 e. The van der Waals surface area contributed by atoms with E-state index in [-0.39, 0.29) is 25.0 Å². The highest BCUT2D eigenvalue weighted by Gasteiger charge is 2.24. The Balaban J connectivity index is 2.04. The van der Waals surface area contributed by atoms with Crippen molar-refractivity contribution >= 4 is 27.5 Å². The van der Waals surface area contributed by atoms with Crippen LogP contribution in [0.25, 0.3) is 0 Å². The van der Waals surface area contributed by atoms with Gasteiger partial charge in [0.25, 0.3) is 5.91 Å². The Morgan fingerprint density at radius 1 is 1.12 bits per heavy atom. The number of carbonyl (C=O) groups excluding carboxylic acids is 1. The summed E-state index contributed by atoms with van der Waals surface area (Å²) >= 11 is 6.00. The van der Waals surface area contributed by atoms with Crippen molar-refractivity contribution in [2.45, 2.75) is 13.0 Å². The molecule has 2 aromatic carbocycles. The van der Waals surface area contributed by atoms with Crippen LogP contribution in [0.3, 0.4) is 0 Å². The monoisotopic (exact) mass is 380 g/mol. The molecule has 0 radical (unpaired) electrons. The maximum atomic E-state index is 12.2. The summed E-state index contributed by atoms with van der Waals surface area (Å²) < 4.78 is 25.6. The van der Waals surface area contributed by atoms with E-state index in [1.807, 2.05) is 37.3 Å². The predicted octanol–water partition coefficient (Wildman–Crippen LogP) is 3.09. The molecular weight excluding hydrogens is 360 g/mol. The highest BCUT2D eigenvalue weighted by Crippen LogP contribution is 2.22. The Kier molecular flexibility index (Phi) is 6.58. The smallest absolute Gasteiger partial charge is 0.252 e. The van der Waals surface area contributed by atoms with Gasteiger partial charge in [-0.05, 0) is 24.6 Å². The van der Waals surface area contributed by atoms with E-state index < -0.39 is 10.0 Å². The zero-order valence-corrected chi connectivity index (χ0v) is 15.7. The van der Waals surface area contributed by atoms with Crippen molar-refractivity contribution in [2.75, 3.05) is 19.3 Å². The van der Waals surface area contributed by atoms with Gasteiger partial charge >= 0.3 is 0 Å². The predicted molar refractivity (Wildman–Crippen MR) is 100 cm³/mol. The minimum absolute atomic E-state index is 0.172. The molecule has 0 bridgehead atoms. The van der Waals surface area contributed by atoms with E-state index >= 15 is 0 Å². The van der Waals surface area contributed by atoms with Gasteiger partial charge in [0.1, 0.15) is 0 Å². The normalized spacial score (nSPS) is 12.8. The van der Waals surface area contributed by atoms with Crippen LogP contribution in [-0.2, 0) is 10.0 Å². The van der Waals surface area contributed by atoms with Crippen molar-refractivity contribution in [2.24, 2.45) is 0 Å². The lowest BCUT2D eigenvalue weighted by Gasteiger charge is -2.27. The van der Waals surface area contributed by atoms with Crippen LogP contribution in [0, 0.1) is 0 Å². The van der Waals surface area contributed by atoms with E-state index in [1.165, 1.54) is 10.6 Å². The van der Waals surface area contributed by atoms with Crippen LogP contribution >= 0.6 is 11.6 Å². The van der Waals surface area contributed by atoms with Gasteiger partial charge in [-0.15, -0.1) is 0 Å². The Morgan fingerprint density at radius 3 is 2.32 bits per heavy atom. The molecule has 0 aliphatic heterocycles. The maximum Gasteiger partial charge on any atom is 0.252 e. The number of nitrogens with one attached hydrogen (secondary N) is 1. The molecule has 1 atom stereocenters. The third-order valence-corrected chi connectivity index (χ3v) is 5.56. The molecule has 0 fully saturated rings. The van der Waals surface area contributed by atoms with Crippen LogP contribution < -0.4 is 5.32 Å². The van der Waals surface area contributed by atoms with E-state index in [0.29, 0.717) is 10.6 Å². The molecule has 1 N–H and O–H groups in total. The number of hydrogen-bond donors (Lipinski definition) is 1. The average Bonchev–Trinajstić information content (AvgIpc) is 2.58. The molecule has 0 aromatic heterocycles. The summed E-state index contributed by atoms with van der Waals surface area (Å²) in [6, 6.07) is 15.8. The van der Waals surface area contributed by atoms with E-state index in [9.17, 15) is 13.2 Å². The average molecular weight is 381 g/mol. The minimum Gasteiger partial charge on any atom is -0.351 e. The zero-order chi connectivity index (χ0) is 18.4. The lowest BCUT2D eigenvalue weighted by atomic mass is 10.1. The first-order valence-corrected chi connectivity index (χ1v) is 10.1. The Labute approximate surface area is 153 Å². The Hall–Kier alpha value is -1.89. The topological polar surface area (TPSA) is 66.5 Å². The van der Waals surface area contributed by atoms with Crippen LogP contribution in [0.5, 0.6) is 0 Å². The molecule has 25 heavy (non-hydrogen) atoms. The molecule has 0 saturated carbocycles. The van der Waals surface area contributed by atoms with Gasteiger partial charge in [-0.3, -0.25) is 4.79 Å². The summed E-state index contributed by atoms with van der Waals surface area (Å²) in [6.45, 7) is 2.19. The van der Waals surface area contributed by atoms with Crippen molar-refractivity contribution in [1.29, 1.82) is 0 Å². The van der Waals surface area contributed by atoms with Crippen molar-refractivity contribution in [1.82, 2.24) is 9.62 Å². The second-order valence-corrected chi connectivity index (χ2v) is 8.04. The first kappa shape index (κ1) is 19.4. The lowest BCUT2D eigenvalue weighted by Crippen LogP contribution is -2.39. The lowest BCUT2D eigenvalue weighted by molar-refractivity contribution is 0.0950. The van der Waals surface area contributed by atoms with E-state index in [4.69, 9.17) is 11.6 Å². The molecule has 0 spiro atoms. The van der Waals surface area contributed by atoms with Gasteiger partial charge in [0.2, 0.25) is 10.0 Å². The second kappa shape index (κ2) is 8.47. The van der Waals surface area contributed by atoms with Crippen LogP contribution in [-0.4, -0.2) is 38.0 Å². The summed E-state index contributed by atoms with van der Waals surface area (Å²) in [5.74, 6) is -0.327. The van der Waals surface area contributed by atoms with Gasteiger partial charge in [0, 0.05) is 19.1 Å². The summed E-state index contributed by atoms with van der Waals surface area (Å²) in [6.07, 6.45) is 1.17. The number of sulfonamides is 1. The van der Waals surface area contributed by atoms with Gasteiger partial charge < -0.3 is 5.32 Å². The van der Waals surface area contributed by atoms with E-state index in [0.717, 1.165) is 5.56 Å². The fourth-order valence-corrected chi connectivity index (χ4v) is 3.91. The number of amides is 1. The van der Waals surface area contributed by atoms with Crippen molar-refractivity contribution in [3.05, 3.63) is 70.7 Å². The SMILES string of the molecule is CC(c1ccccc1)N(CCNC(=O)c1ccccc1Cl)S(C)(=O)=O. The Bertz CT molecular complexity index is 825. The Morgan fingerprint density at radius 2 is 1.72 bits per heavy atom. The molecule has 0 saturated heterocycles. The number of hydrogen-bond acceptors (Lipinski definition) is 3. The van der Waals surface area contributed by atoms with Gasteiger partial charge in [0.05, 0.1) is 16.8 Å². The van der Waals surface area contributed by atoms with Gasteiger partial charge in [0.15, 0.2) is 0 Å². The standard InChI is InChI=1S/C18H21ClN2O3S/c1-14(15-8-4-3-5-9-15)21(25(2,23)24)13-12-20-18(22)16-10-6-7-11-17(16)19/h3-11,14H,12-13H2,1-2H3,(H,20,22). The van der Waals surface area contributed by atoms with E-state index in [1.54, 1.807) is 24.3 Å². The van der Waals surface area contributed by atoms with Crippen molar-refractivity contribution in [3.8, 4) is 0 Å². The first-order valence-electron chi connectivity index (χ1n) is 7.85. The minimum atomic E-state index is -3.43. The van der Waals surface area contributed by atoms with Crippen LogP contribution in [0.2, 0.25) is 5.02 Å². The molecule has 2 rings (SSSR count). The number of carbonyl (C=O) groups is 1. The number of benzene rings is 2. The molecule has 0 aliphatic carbocycles. The molecule has 1 amide bonds. The first-order chi connectivity index (χ1) is 11.8.